The highest BCUT2D eigenvalue weighted by atomic mass is 35.5. The van der Waals surface area contributed by atoms with E-state index in [1.165, 1.54) is 5.56 Å². The van der Waals surface area contributed by atoms with Gasteiger partial charge in [0.25, 0.3) is 5.91 Å². The zero-order valence-corrected chi connectivity index (χ0v) is 17.1. The Labute approximate surface area is 165 Å². The molecule has 0 spiro atoms. The summed E-state index contributed by atoms with van der Waals surface area (Å²) in [5.41, 5.74) is 3.44. The zero-order chi connectivity index (χ0) is 18.9. The van der Waals surface area contributed by atoms with E-state index in [1.807, 2.05) is 31.2 Å². The predicted octanol–water partition coefficient (Wildman–Crippen LogP) is 5.20. The number of benzene rings is 2. The molecule has 0 aromatic heterocycles. The molecular weight excluding hydrogens is 366 g/mol. The minimum atomic E-state index is -0.0930. The van der Waals surface area contributed by atoms with Gasteiger partial charge in [0.1, 0.15) is 5.75 Å². The van der Waals surface area contributed by atoms with Crippen molar-refractivity contribution in [3.8, 4) is 5.75 Å². The van der Waals surface area contributed by atoms with Gasteiger partial charge in [0.05, 0.1) is 0 Å². The number of thioether (sulfide) groups is 1. The fourth-order valence-electron chi connectivity index (χ4n) is 2.52. The number of halogens is 1. The van der Waals surface area contributed by atoms with Crippen molar-refractivity contribution in [1.82, 2.24) is 5.32 Å². The molecule has 0 unspecified atom stereocenters. The van der Waals surface area contributed by atoms with Gasteiger partial charge >= 0.3 is 0 Å². The molecule has 26 heavy (non-hydrogen) atoms. The summed E-state index contributed by atoms with van der Waals surface area (Å²) in [6, 6.07) is 14.0. The van der Waals surface area contributed by atoms with Gasteiger partial charge in [-0.1, -0.05) is 49.7 Å². The standard InChI is InChI=1S/C21H26ClNO2S/c1-15(2)19-8-7-16(3)11-20(19)25-13-21(24)23-9-10-26-14-17-5-4-6-18(22)12-17/h4-8,11-12,15H,9-10,13-14H2,1-3H3,(H,23,24). The monoisotopic (exact) mass is 391 g/mol. The van der Waals surface area contributed by atoms with E-state index in [9.17, 15) is 4.79 Å². The molecule has 5 heteroatoms. The average Bonchev–Trinajstić information content (AvgIpc) is 2.59. The lowest BCUT2D eigenvalue weighted by molar-refractivity contribution is -0.122. The summed E-state index contributed by atoms with van der Waals surface area (Å²) in [7, 11) is 0. The number of amides is 1. The maximum Gasteiger partial charge on any atom is 0.257 e. The van der Waals surface area contributed by atoms with E-state index in [2.05, 4.69) is 37.4 Å². The van der Waals surface area contributed by atoms with Gasteiger partial charge in [0.15, 0.2) is 6.61 Å². The molecule has 2 aromatic rings. The van der Waals surface area contributed by atoms with Gasteiger partial charge < -0.3 is 10.1 Å². The second-order valence-electron chi connectivity index (χ2n) is 6.52. The third kappa shape index (κ3) is 6.93. The molecule has 2 aromatic carbocycles. The lowest BCUT2D eigenvalue weighted by Gasteiger charge is -2.14. The summed E-state index contributed by atoms with van der Waals surface area (Å²) < 4.78 is 5.75. The number of rotatable bonds is 9. The number of carbonyl (C=O) groups excluding carboxylic acids is 1. The van der Waals surface area contributed by atoms with Gasteiger partial charge in [0.2, 0.25) is 0 Å². The van der Waals surface area contributed by atoms with Crippen LogP contribution in [-0.2, 0) is 10.5 Å². The molecule has 0 heterocycles. The van der Waals surface area contributed by atoms with E-state index in [-0.39, 0.29) is 12.5 Å². The first-order valence-corrected chi connectivity index (χ1v) is 10.3. The highest BCUT2D eigenvalue weighted by Gasteiger charge is 2.10. The third-order valence-electron chi connectivity index (χ3n) is 3.88. The van der Waals surface area contributed by atoms with Crippen LogP contribution in [0.4, 0.5) is 0 Å². The van der Waals surface area contributed by atoms with Crippen molar-refractivity contribution in [1.29, 1.82) is 0 Å². The molecule has 0 aliphatic heterocycles. The Kier molecular flexibility index (Phi) is 8.33. The van der Waals surface area contributed by atoms with Gasteiger partial charge in [-0.15, -0.1) is 0 Å². The van der Waals surface area contributed by atoms with E-state index in [1.54, 1.807) is 11.8 Å². The van der Waals surface area contributed by atoms with Crippen LogP contribution in [0.2, 0.25) is 5.02 Å². The van der Waals surface area contributed by atoms with Gasteiger partial charge in [0, 0.05) is 23.1 Å². The molecule has 0 radical (unpaired) electrons. The Bertz CT molecular complexity index is 734. The quantitative estimate of drug-likeness (QED) is 0.597. The van der Waals surface area contributed by atoms with Crippen molar-refractivity contribution in [2.45, 2.75) is 32.4 Å². The summed E-state index contributed by atoms with van der Waals surface area (Å²) >= 11 is 7.74. The zero-order valence-electron chi connectivity index (χ0n) is 15.5. The van der Waals surface area contributed by atoms with E-state index < -0.39 is 0 Å². The second-order valence-corrected chi connectivity index (χ2v) is 8.06. The van der Waals surface area contributed by atoms with Crippen molar-refractivity contribution in [2.24, 2.45) is 0 Å². The highest BCUT2D eigenvalue weighted by Crippen LogP contribution is 2.27. The van der Waals surface area contributed by atoms with Crippen LogP contribution in [-0.4, -0.2) is 24.8 Å². The maximum atomic E-state index is 12.0. The Morgan fingerprint density at radius 1 is 1.23 bits per heavy atom. The largest absolute Gasteiger partial charge is 0.483 e. The van der Waals surface area contributed by atoms with Crippen LogP contribution in [0.25, 0.3) is 0 Å². The van der Waals surface area contributed by atoms with Gasteiger partial charge in [-0.05, 0) is 47.7 Å². The van der Waals surface area contributed by atoms with Gasteiger partial charge in [-0.2, -0.15) is 11.8 Å². The van der Waals surface area contributed by atoms with Crippen molar-refractivity contribution in [3.63, 3.8) is 0 Å². The molecule has 0 aliphatic carbocycles. The predicted molar refractivity (Wildman–Crippen MR) is 111 cm³/mol. The van der Waals surface area contributed by atoms with Crippen LogP contribution in [0.1, 0.15) is 36.5 Å². The van der Waals surface area contributed by atoms with E-state index in [0.29, 0.717) is 12.5 Å². The summed E-state index contributed by atoms with van der Waals surface area (Å²) in [5, 5.41) is 3.66. The average molecular weight is 392 g/mol. The molecular formula is C21H26ClNO2S. The lowest BCUT2D eigenvalue weighted by Crippen LogP contribution is -2.30. The lowest BCUT2D eigenvalue weighted by atomic mass is 10.0. The summed E-state index contributed by atoms with van der Waals surface area (Å²) in [5.74, 6) is 2.79. The van der Waals surface area contributed by atoms with Crippen LogP contribution in [0, 0.1) is 6.92 Å². The molecule has 0 saturated carbocycles. The summed E-state index contributed by atoms with van der Waals surface area (Å²) in [6.07, 6.45) is 0. The van der Waals surface area contributed by atoms with E-state index in [4.69, 9.17) is 16.3 Å². The number of hydrogen-bond donors (Lipinski definition) is 1. The molecule has 0 saturated heterocycles. The Balaban J connectivity index is 1.69. The molecule has 1 N–H and O–H groups in total. The molecule has 0 fully saturated rings. The Morgan fingerprint density at radius 2 is 2.04 bits per heavy atom. The Morgan fingerprint density at radius 3 is 2.77 bits per heavy atom. The molecule has 3 nitrogen and oxygen atoms in total. The number of hydrogen-bond acceptors (Lipinski definition) is 3. The van der Waals surface area contributed by atoms with Crippen LogP contribution < -0.4 is 10.1 Å². The number of aryl methyl sites for hydroxylation is 1. The summed E-state index contributed by atoms with van der Waals surface area (Å²) in [6.45, 7) is 6.93. The normalized spacial score (nSPS) is 10.8. The van der Waals surface area contributed by atoms with E-state index in [0.717, 1.165) is 33.4 Å². The van der Waals surface area contributed by atoms with Crippen molar-refractivity contribution in [3.05, 3.63) is 64.2 Å². The van der Waals surface area contributed by atoms with Crippen molar-refractivity contribution >= 4 is 29.3 Å². The molecule has 0 aliphatic rings. The molecule has 140 valence electrons. The molecule has 1 amide bonds. The topological polar surface area (TPSA) is 38.3 Å². The van der Waals surface area contributed by atoms with Gasteiger partial charge in [-0.3, -0.25) is 4.79 Å². The number of ether oxygens (including phenoxy) is 1. The first kappa shape index (κ1) is 20.7. The minimum Gasteiger partial charge on any atom is -0.483 e. The van der Waals surface area contributed by atoms with Crippen LogP contribution >= 0.6 is 23.4 Å². The van der Waals surface area contributed by atoms with E-state index >= 15 is 0 Å². The molecule has 0 atom stereocenters. The maximum absolute atomic E-state index is 12.0. The van der Waals surface area contributed by atoms with Crippen molar-refractivity contribution in [2.75, 3.05) is 18.9 Å². The molecule has 2 rings (SSSR count). The van der Waals surface area contributed by atoms with Gasteiger partial charge in [-0.25, -0.2) is 0 Å². The second kappa shape index (κ2) is 10.5. The molecule has 0 bridgehead atoms. The van der Waals surface area contributed by atoms with Crippen LogP contribution in [0.15, 0.2) is 42.5 Å². The van der Waals surface area contributed by atoms with Crippen molar-refractivity contribution < 1.29 is 9.53 Å². The SMILES string of the molecule is Cc1ccc(C(C)C)c(OCC(=O)NCCSCc2cccc(Cl)c2)c1. The number of carbonyl (C=O) groups is 1. The smallest absolute Gasteiger partial charge is 0.257 e. The fraction of sp³-hybridized carbons (Fsp3) is 0.381. The Hall–Kier alpha value is -1.65. The third-order valence-corrected chi connectivity index (χ3v) is 5.14. The first-order chi connectivity index (χ1) is 12.5. The van der Waals surface area contributed by atoms with Crippen LogP contribution in [0.3, 0.4) is 0 Å². The first-order valence-electron chi connectivity index (χ1n) is 8.78. The fourth-order valence-corrected chi connectivity index (χ4v) is 3.54. The minimum absolute atomic E-state index is 0.0438. The summed E-state index contributed by atoms with van der Waals surface area (Å²) in [4.78, 5) is 12.0. The highest BCUT2D eigenvalue weighted by molar-refractivity contribution is 7.98. The van der Waals surface area contributed by atoms with Crippen LogP contribution in [0.5, 0.6) is 5.75 Å². The number of nitrogens with one attached hydrogen (secondary N) is 1.